The minimum atomic E-state index is -0.00874. The van der Waals surface area contributed by atoms with Crippen LogP contribution in [-0.2, 0) is 4.79 Å². The molecule has 1 amide bonds. The standard InChI is InChI=1S/C20H21N3OS/c1-14-9-7-8-12-18(14)21-19(24)13-25-20-15(2)22-23(16(20)3)17-10-5-4-6-11-17/h4-12H,13H2,1-3H3,(H,21,24). The second kappa shape index (κ2) is 7.57. The zero-order valence-electron chi connectivity index (χ0n) is 14.6. The molecular formula is C20H21N3OS. The monoisotopic (exact) mass is 351 g/mol. The first-order valence-corrected chi connectivity index (χ1v) is 9.14. The topological polar surface area (TPSA) is 46.9 Å². The average molecular weight is 351 g/mol. The van der Waals surface area contributed by atoms with Crippen LogP contribution in [0.25, 0.3) is 5.69 Å². The first-order chi connectivity index (χ1) is 12.1. The first-order valence-electron chi connectivity index (χ1n) is 8.16. The molecule has 0 saturated carbocycles. The van der Waals surface area contributed by atoms with Gasteiger partial charge in [-0.2, -0.15) is 5.10 Å². The van der Waals surface area contributed by atoms with E-state index in [1.807, 2.05) is 80.1 Å². The lowest BCUT2D eigenvalue weighted by Crippen LogP contribution is -2.14. The van der Waals surface area contributed by atoms with E-state index in [0.29, 0.717) is 5.75 Å². The summed E-state index contributed by atoms with van der Waals surface area (Å²) in [5, 5.41) is 7.59. The molecule has 2 aromatic carbocycles. The molecule has 0 spiro atoms. The zero-order chi connectivity index (χ0) is 17.8. The number of anilines is 1. The lowest BCUT2D eigenvalue weighted by atomic mass is 10.2. The average Bonchev–Trinajstić information content (AvgIpc) is 2.90. The van der Waals surface area contributed by atoms with Gasteiger partial charge in [0.05, 0.1) is 27.7 Å². The van der Waals surface area contributed by atoms with E-state index in [-0.39, 0.29) is 5.91 Å². The zero-order valence-corrected chi connectivity index (χ0v) is 15.4. The van der Waals surface area contributed by atoms with Crippen LogP contribution in [-0.4, -0.2) is 21.4 Å². The number of benzene rings is 2. The molecule has 0 radical (unpaired) electrons. The van der Waals surface area contributed by atoms with Gasteiger partial charge in [0.2, 0.25) is 5.91 Å². The lowest BCUT2D eigenvalue weighted by Gasteiger charge is -2.08. The molecule has 0 aliphatic heterocycles. The van der Waals surface area contributed by atoms with Gasteiger partial charge in [-0.15, -0.1) is 11.8 Å². The molecule has 4 nitrogen and oxygen atoms in total. The van der Waals surface area contributed by atoms with Crippen molar-refractivity contribution in [2.45, 2.75) is 25.7 Å². The Bertz CT molecular complexity index is 887. The van der Waals surface area contributed by atoms with E-state index in [2.05, 4.69) is 10.4 Å². The van der Waals surface area contributed by atoms with E-state index in [4.69, 9.17) is 0 Å². The Morgan fingerprint density at radius 2 is 1.72 bits per heavy atom. The van der Waals surface area contributed by atoms with Gasteiger partial charge >= 0.3 is 0 Å². The van der Waals surface area contributed by atoms with Gasteiger partial charge in [0.15, 0.2) is 0 Å². The van der Waals surface area contributed by atoms with Crippen molar-refractivity contribution in [3.63, 3.8) is 0 Å². The lowest BCUT2D eigenvalue weighted by molar-refractivity contribution is -0.113. The van der Waals surface area contributed by atoms with Gasteiger partial charge in [0.25, 0.3) is 0 Å². The summed E-state index contributed by atoms with van der Waals surface area (Å²) in [6.07, 6.45) is 0. The Morgan fingerprint density at radius 1 is 1.04 bits per heavy atom. The van der Waals surface area contributed by atoms with Crippen molar-refractivity contribution in [1.29, 1.82) is 0 Å². The molecule has 0 atom stereocenters. The largest absolute Gasteiger partial charge is 0.325 e. The van der Waals surface area contributed by atoms with Crippen LogP contribution in [0.15, 0.2) is 59.5 Å². The maximum atomic E-state index is 12.3. The fraction of sp³-hybridized carbons (Fsp3) is 0.200. The molecule has 5 heteroatoms. The number of carbonyl (C=O) groups excluding carboxylic acids is 1. The molecule has 128 valence electrons. The molecule has 0 aliphatic rings. The van der Waals surface area contributed by atoms with Crippen LogP contribution < -0.4 is 5.32 Å². The maximum absolute atomic E-state index is 12.3. The minimum Gasteiger partial charge on any atom is -0.325 e. The molecule has 1 N–H and O–H groups in total. The van der Waals surface area contributed by atoms with Crippen LogP contribution in [0.5, 0.6) is 0 Å². The third-order valence-electron chi connectivity index (χ3n) is 3.99. The summed E-state index contributed by atoms with van der Waals surface area (Å²) in [6.45, 7) is 6.00. The fourth-order valence-corrected chi connectivity index (χ4v) is 3.59. The number of aromatic nitrogens is 2. The number of hydrogen-bond donors (Lipinski definition) is 1. The van der Waals surface area contributed by atoms with Crippen molar-refractivity contribution >= 4 is 23.4 Å². The molecule has 3 aromatic rings. The predicted molar refractivity (Wildman–Crippen MR) is 104 cm³/mol. The van der Waals surface area contributed by atoms with Gasteiger partial charge < -0.3 is 5.32 Å². The van der Waals surface area contributed by atoms with E-state index < -0.39 is 0 Å². The van der Waals surface area contributed by atoms with E-state index in [1.54, 1.807) is 0 Å². The summed E-state index contributed by atoms with van der Waals surface area (Å²) in [7, 11) is 0. The second-order valence-electron chi connectivity index (χ2n) is 5.90. The fourth-order valence-electron chi connectivity index (χ4n) is 2.70. The van der Waals surface area contributed by atoms with Crippen molar-refractivity contribution in [2.75, 3.05) is 11.1 Å². The number of nitrogens with zero attached hydrogens (tertiary/aromatic N) is 2. The van der Waals surface area contributed by atoms with Gasteiger partial charge in [-0.05, 0) is 44.5 Å². The summed E-state index contributed by atoms with van der Waals surface area (Å²) in [6, 6.07) is 17.8. The number of aryl methyl sites for hydroxylation is 2. The third-order valence-corrected chi connectivity index (χ3v) is 5.28. The number of amides is 1. The van der Waals surface area contributed by atoms with Gasteiger partial charge in [-0.25, -0.2) is 4.68 Å². The highest BCUT2D eigenvalue weighted by Gasteiger charge is 2.15. The normalized spacial score (nSPS) is 10.7. The summed E-state index contributed by atoms with van der Waals surface area (Å²) in [4.78, 5) is 13.3. The van der Waals surface area contributed by atoms with Crippen LogP contribution >= 0.6 is 11.8 Å². The SMILES string of the molecule is Cc1ccccc1NC(=O)CSc1c(C)nn(-c2ccccc2)c1C. The number of carbonyl (C=O) groups is 1. The van der Waals surface area contributed by atoms with Crippen LogP contribution in [0, 0.1) is 20.8 Å². The number of rotatable bonds is 5. The molecule has 25 heavy (non-hydrogen) atoms. The Balaban J connectivity index is 1.70. The molecule has 0 bridgehead atoms. The van der Waals surface area contributed by atoms with E-state index in [0.717, 1.165) is 33.2 Å². The molecular weight excluding hydrogens is 330 g/mol. The minimum absolute atomic E-state index is 0.00874. The van der Waals surface area contributed by atoms with E-state index in [9.17, 15) is 4.79 Å². The van der Waals surface area contributed by atoms with E-state index in [1.165, 1.54) is 11.8 Å². The van der Waals surface area contributed by atoms with Crippen molar-refractivity contribution in [2.24, 2.45) is 0 Å². The highest BCUT2D eigenvalue weighted by molar-refractivity contribution is 8.00. The molecule has 0 unspecified atom stereocenters. The predicted octanol–water partition coefficient (Wildman–Crippen LogP) is 4.53. The van der Waals surface area contributed by atoms with Crippen molar-refractivity contribution in [3.05, 3.63) is 71.5 Å². The summed E-state index contributed by atoms with van der Waals surface area (Å²) < 4.78 is 1.93. The van der Waals surface area contributed by atoms with Crippen LogP contribution in [0.3, 0.4) is 0 Å². The van der Waals surface area contributed by atoms with Crippen molar-refractivity contribution in [3.8, 4) is 5.69 Å². The van der Waals surface area contributed by atoms with Crippen molar-refractivity contribution in [1.82, 2.24) is 9.78 Å². The maximum Gasteiger partial charge on any atom is 0.234 e. The highest BCUT2D eigenvalue weighted by atomic mass is 32.2. The molecule has 0 saturated heterocycles. The third kappa shape index (κ3) is 3.94. The Labute approximate surface area is 152 Å². The van der Waals surface area contributed by atoms with E-state index >= 15 is 0 Å². The Kier molecular flexibility index (Phi) is 5.24. The van der Waals surface area contributed by atoms with Crippen LogP contribution in [0.2, 0.25) is 0 Å². The second-order valence-corrected chi connectivity index (χ2v) is 6.88. The summed E-state index contributed by atoms with van der Waals surface area (Å²) in [5.74, 6) is 0.349. The number of thioether (sulfide) groups is 1. The first kappa shape index (κ1) is 17.3. The molecule has 1 aromatic heterocycles. The van der Waals surface area contributed by atoms with Gasteiger partial charge in [0, 0.05) is 5.69 Å². The smallest absolute Gasteiger partial charge is 0.234 e. The number of para-hydroxylation sites is 2. The van der Waals surface area contributed by atoms with Crippen LogP contribution in [0.1, 0.15) is 17.0 Å². The quantitative estimate of drug-likeness (QED) is 0.687. The number of hydrogen-bond acceptors (Lipinski definition) is 3. The summed E-state index contributed by atoms with van der Waals surface area (Å²) >= 11 is 1.53. The van der Waals surface area contributed by atoms with Gasteiger partial charge in [-0.1, -0.05) is 36.4 Å². The summed E-state index contributed by atoms with van der Waals surface area (Å²) in [5.41, 5.74) is 4.94. The molecule has 3 rings (SSSR count). The Hall–Kier alpha value is -2.53. The highest BCUT2D eigenvalue weighted by Crippen LogP contribution is 2.28. The molecule has 0 aliphatic carbocycles. The molecule has 1 heterocycles. The van der Waals surface area contributed by atoms with Gasteiger partial charge in [0.1, 0.15) is 0 Å². The Morgan fingerprint density at radius 3 is 2.44 bits per heavy atom. The number of nitrogens with one attached hydrogen (secondary N) is 1. The van der Waals surface area contributed by atoms with Gasteiger partial charge in [-0.3, -0.25) is 4.79 Å². The van der Waals surface area contributed by atoms with Crippen LogP contribution in [0.4, 0.5) is 5.69 Å². The van der Waals surface area contributed by atoms with Crippen molar-refractivity contribution < 1.29 is 4.79 Å². The molecule has 0 fully saturated rings.